The topological polar surface area (TPSA) is 58.1 Å². The van der Waals surface area contributed by atoms with E-state index in [1.54, 1.807) is 12.4 Å². The van der Waals surface area contributed by atoms with Crippen molar-refractivity contribution in [2.75, 3.05) is 24.5 Å². The molecule has 0 radical (unpaired) electrons. The van der Waals surface area contributed by atoms with Gasteiger partial charge in [-0.05, 0) is 31.1 Å². The van der Waals surface area contributed by atoms with Gasteiger partial charge in [0.15, 0.2) is 0 Å². The van der Waals surface area contributed by atoms with E-state index < -0.39 is 0 Å². The molecule has 24 heavy (non-hydrogen) atoms. The van der Waals surface area contributed by atoms with Gasteiger partial charge >= 0.3 is 0 Å². The second kappa shape index (κ2) is 9.00. The Balaban J connectivity index is 1.31. The highest BCUT2D eigenvalue weighted by molar-refractivity contribution is 5.75. The summed E-state index contributed by atoms with van der Waals surface area (Å²) in [7, 11) is 0. The fourth-order valence-electron chi connectivity index (χ4n) is 3.98. The molecule has 2 heterocycles. The summed E-state index contributed by atoms with van der Waals surface area (Å²) in [6.45, 7) is 2.83. The van der Waals surface area contributed by atoms with Crippen molar-refractivity contribution in [2.45, 2.75) is 57.8 Å². The van der Waals surface area contributed by atoms with E-state index in [1.165, 1.54) is 32.1 Å². The predicted molar refractivity (Wildman–Crippen MR) is 95.8 cm³/mol. The number of anilines is 1. The van der Waals surface area contributed by atoms with Crippen molar-refractivity contribution < 1.29 is 4.79 Å². The smallest absolute Gasteiger partial charge is 0.220 e. The number of rotatable bonds is 6. The summed E-state index contributed by atoms with van der Waals surface area (Å²) in [5.74, 6) is 2.60. The van der Waals surface area contributed by atoms with Crippen molar-refractivity contribution in [3.8, 4) is 0 Å². The van der Waals surface area contributed by atoms with Gasteiger partial charge in [0.25, 0.3) is 0 Å². The van der Waals surface area contributed by atoms with Crippen molar-refractivity contribution in [3.05, 3.63) is 18.6 Å². The van der Waals surface area contributed by atoms with Gasteiger partial charge in [-0.3, -0.25) is 9.78 Å². The first-order valence-electron chi connectivity index (χ1n) is 9.59. The first kappa shape index (κ1) is 17.2. The first-order valence-corrected chi connectivity index (χ1v) is 9.59. The largest absolute Gasteiger partial charge is 0.356 e. The highest BCUT2D eigenvalue weighted by atomic mass is 16.1. The molecule has 0 bridgehead atoms. The number of nitrogens with zero attached hydrogens (tertiary/aromatic N) is 3. The average Bonchev–Trinajstić information content (AvgIpc) is 2.67. The Hall–Kier alpha value is -1.65. The van der Waals surface area contributed by atoms with E-state index in [0.717, 1.165) is 50.6 Å². The Kier molecular flexibility index (Phi) is 6.44. The van der Waals surface area contributed by atoms with Gasteiger partial charge in [-0.15, -0.1) is 0 Å². The number of hydrogen-bond donors (Lipinski definition) is 1. The molecule has 1 saturated heterocycles. The van der Waals surface area contributed by atoms with Crippen molar-refractivity contribution in [1.82, 2.24) is 15.3 Å². The number of hydrogen-bond acceptors (Lipinski definition) is 4. The van der Waals surface area contributed by atoms with Crippen LogP contribution in [-0.2, 0) is 4.79 Å². The van der Waals surface area contributed by atoms with Crippen molar-refractivity contribution >= 4 is 11.7 Å². The Bertz CT molecular complexity index is 493. The molecule has 2 fully saturated rings. The van der Waals surface area contributed by atoms with E-state index in [4.69, 9.17) is 0 Å². The molecule has 3 rings (SSSR count). The fraction of sp³-hybridized carbons (Fsp3) is 0.737. The van der Waals surface area contributed by atoms with E-state index in [9.17, 15) is 4.79 Å². The molecule has 1 aromatic heterocycles. The van der Waals surface area contributed by atoms with Crippen molar-refractivity contribution in [1.29, 1.82) is 0 Å². The molecule has 5 nitrogen and oxygen atoms in total. The van der Waals surface area contributed by atoms with Crippen LogP contribution < -0.4 is 10.2 Å². The molecular formula is C19H30N4O. The molecule has 132 valence electrons. The number of piperidine rings is 1. The van der Waals surface area contributed by atoms with Gasteiger partial charge < -0.3 is 10.2 Å². The maximum atomic E-state index is 12.1. The van der Waals surface area contributed by atoms with Gasteiger partial charge in [0.1, 0.15) is 5.82 Å². The fourth-order valence-corrected chi connectivity index (χ4v) is 3.98. The third-order valence-electron chi connectivity index (χ3n) is 5.58. The van der Waals surface area contributed by atoms with E-state index in [1.807, 2.05) is 6.20 Å². The summed E-state index contributed by atoms with van der Waals surface area (Å²) in [6.07, 6.45) is 16.0. The monoisotopic (exact) mass is 330 g/mol. The van der Waals surface area contributed by atoms with Crippen LogP contribution in [0.2, 0.25) is 0 Å². The molecule has 1 aliphatic carbocycles. The second-order valence-electron chi connectivity index (χ2n) is 7.34. The van der Waals surface area contributed by atoms with Crippen LogP contribution in [0.3, 0.4) is 0 Å². The lowest BCUT2D eigenvalue weighted by molar-refractivity contribution is -0.121. The third-order valence-corrected chi connectivity index (χ3v) is 5.58. The number of carbonyl (C=O) groups excluding carboxylic acids is 1. The SMILES string of the molecule is O=C(CCC1CCCCC1)NCC1CCN(c2cnccn2)CC1. The lowest BCUT2D eigenvalue weighted by atomic mass is 9.86. The normalized spacial score (nSPS) is 20.1. The summed E-state index contributed by atoms with van der Waals surface area (Å²) in [6, 6.07) is 0. The number of amides is 1. The molecule has 1 aromatic rings. The van der Waals surface area contributed by atoms with Crippen LogP contribution >= 0.6 is 0 Å². The van der Waals surface area contributed by atoms with Crippen LogP contribution in [0, 0.1) is 11.8 Å². The van der Waals surface area contributed by atoms with E-state index in [2.05, 4.69) is 20.2 Å². The standard InChI is InChI=1S/C19H30N4O/c24-19(7-6-16-4-2-1-3-5-16)22-14-17-8-12-23(13-9-17)18-15-20-10-11-21-18/h10-11,15-17H,1-9,12-14H2,(H,22,24). The summed E-state index contributed by atoms with van der Waals surface area (Å²) >= 11 is 0. The quantitative estimate of drug-likeness (QED) is 0.870. The third kappa shape index (κ3) is 5.18. The zero-order valence-electron chi connectivity index (χ0n) is 14.6. The lowest BCUT2D eigenvalue weighted by Crippen LogP contribution is -2.39. The van der Waals surface area contributed by atoms with Gasteiger partial charge in [0, 0.05) is 38.4 Å². The lowest BCUT2D eigenvalue weighted by Gasteiger charge is -2.32. The zero-order chi connectivity index (χ0) is 16.6. The van der Waals surface area contributed by atoms with E-state index >= 15 is 0 Å². The van der Waals surface area contributed by atoms with Gasteiger partial charge in [-0.1, -0.05) is 32.1 Å². The van der Waals surface area contributed by atoms with Crippen LogP contribution in [0.1, 0.15) is 57.8 Å². The number of aromatic nitrogens is 2. The predicted octanol–water partition coefficient (Wildman–Crippen LogP) is 3.17. The van der Waals surface area contributed by atoms with Crippen LogP contribution in [-0.4, -0.2) is 35.5 Å². The van der Waals surface area contributed by atoms with Crippen molar-refractivity contribution in [2.24, 2.45) is 11.8 Å². The van der Waals surface area contributed by atoms with Crippen LogP contribution in [0.5, 0.6) is 0 Å². The molecule has 5 heteroatoms. The highest BCUT2D eigenvalue weighted by Gasteiger charge is 2.21. The van der Waals surface area contributed by atoms with E-state index in [0.29, 0.717) is 12.3 Å². The minimum atomic E-state index is 0.247. The van der Waals surface area contributed by atoms with Crippen LogP contribution in [0.15, 0.2) is 18.6 Å². The van der Waals surface area contributed by atoms with Gasteiger partial charge in [-0.25, -0.2) is 4.98 Å². The molecule has 0 unspecified atom stereocenters. The summed E-state index contributed by atoms with van der Waals surface area (Å²) in [5.41, 5.74) is 0. The average molecular weight is 330 g/mol. The minimum absolute atomic E-state index is 0.247. The highest BCUT2D eigenvalue weighted by Crippen LogP contribution is 2.27. The van der Waals surface area contributed by atoms with Crippen molar-refractivity contribution in [3.63, 3.8) is 0 Å². The molecule has 0 aromatic carbocycles. The molecule has 0 spiro atoms. The maximum Gasteiger partial charge on any atom is 0.220 e. The van der Waals surface area contributed by atoms with Crippen LogP contribution in [0.4, 0.5) is 5.82 Å². The molecule has 2 aliphatic rings. The second-order valence-corrected chi connectivity index (χ2v) is 7.34. The zero-order valence-corrected chi connectivity index (χ0v) is 14.6. The summed E-state index contributed by atoms with van der Waals surface area (Å²) in [4.78, 5) is 22.9. The molecule has 0 atom stereocenters. The Morgan fingerprint density at radius 1 is 1.08 bits per heavy atom. The minimum Gasteiger partial charge on any atom is -0.356 e. The Labute approximate surface area is 145 Å². The molecule has 1 saturated carbocycles. The maximum absolute atomic E-state index is 12.1. The molecule has 1 amide bonds. The number of carbonyl (C=O) groups is 1. The van der Waals surface area contributed by atoms with Gasteiger partial charge in [0.2, 0.25) is 5.91 Å². The van der Waals surface area contributed by atoms with Gasteiger partial charge in [0.05, 0.1) is 6.20 Å². The van der Waals surface area contributed by atoms with E-state index in [-0.39, 0.29) is 5.91 Å². The first-order chi connectivity index (χ1) is 11.8. The van der Waals surface area contributed by atoms with Gasteiger partial charge in [-0.2, -0.15) is 0 Å². The Morgan fingerprint density at radius 2 is 1.88 bits per heavy atom. The summed E-state index contributed by atoms with van der Waals surface area (Å²) in [5, 5.41) is 3.16. The molecule has 1 aliphatic heterocycles. The van der Waals surface area contributed by atoms with Crippen LogP contribution in [0.25, 0.3) is 0 Å². The molecular weight excluding hydrogens is 300 g/mol. The molecule has 1 N–H and O–H groups in total. The summed E-state index contributed by atoms with van der Waals surface area (Å²) < 4.78 is 0. The number of nitrogens with one attached hydrogen (secondary N) is 1. The Morgan fingerprint density at radius 3 is 2.58 bits per heavy atom.